The van der Waals surface area contributed by atoms with Crippen molar-refractivity contribution in [1.82, 2.24) is 20.4 Å². The minimum atomic E-state index is 0.0134. The molecule has 1 aliphatic rings. The van der Waals surface area contributed by atoms with Crippen LogP contribution in [0.25, 0.3) is 0 Å². The second-order valence-electron chi connectivity index (χ2n) is 6.19. The van der Waals surface area contributed by atoms with Gasteiger partial charge in [-0.2, -0.15) is 0 Å². The summed E-state index contributed by atoms with van der Waals surface area (Å²) in [6.45, 7) is 6.98. The largest absolute Gasteiger partial charge is 0.355 e. The molecule has 2 amide bonds. The SMILES string of the molecule is CCCNC(=O)CSc1nnc(SCC(=O)N2[C@@H](C)CCC[C@@H]2C)s1. The van der Waals surface area contributed by atoms with E-state index in [2.05, 4.69) is 29.4 Å². The molecule has 1 N–H and O–H groups in total. The van der Waals surface area contributed by atoms with Gasteiger partial charge in [-0.3, -0.25) is 9.59 Å². The van der Waals surface area contributed by atoms with E-state index in [0.717, 1.165) is 27.9 Å². The number of carbonyl (C=O) groups is 2. The van der Waals surface area contributed by atoms with E-state index in [1.54, 1.807) is 0 Å². The highest BCUT2D eigenvalue weighted by atomic mass is 32.2. The maximum atomic E-state index is 12.5. The Kier molecular flexibility index (Phi) is 8.51. The monoisotopic (exact) mass is 402 g/mol. The lowest BCUT2D eigenvalue weighted by Crippen LogP contribution is -2.48. The molecule has 0 aliphatic carbocycles. The molecule has 0 spiro atoms. The van der Waals surface area contributed by atoms with Gasteiger partial charge in [0.1, 0.15) is 0 Å². The molecule has 9 heteroatoms. The number of nitrogens with one attached hydrogen (secondary N) is 1. The maximum Gasteiger partial charge on any atom is 0.233 e. The van der Waals surface area contributed by atoms with Gasteiger partial charge >= 0.3 is 0 Å². The number of nitrogens with zero attached hydrogens (tertiary/aromatic N) is 3. The molecule has 1 fully saturated rings. The molecule has 0 aromatic carbocycles. The van der Waals surface area contributed by atoms with E-state index >= 15 is 0 Å². The zero-order valence-electron chi connectivity index (χ0n) is 15.0. The van der Waals surface area contributed by atoms with Crippen LogP contribution >= 0.6 is 34.9 Å². The van der Waals surface area contributed by atoms with Crippen LogP contribution in [0.3, 0.4) is 0 Å². The summed E-state index contributed by atoms with van der Waals surface area (Å²) < 4.78 is 1.54. The summed E-state index contributed by atoms with van der Waals surface area (Å²) in [5, 5.41) is 11.0. The molecule has 6 nitrogen and oxygen atoms in total. The van der Waals surface area contributed by atoms with Gasteiger partial charge in [-0.25, -0.2) is 0 Å². The average Bonchev–Trinajstić information content (AvgIpc) is 3.04. The molecule has 0 unspecified atom stereocenters. The lowest BCUT2D eigenvalue weighted by Gasteiger charge is -2.39. The predicted octanol–water partition coefficient (Wildman–Crippen LogP) is 3.04. The van der Waals surface area contributed by atoms with Crippen LogP contribution in [0.5, 0.6) is 0 Å². The second kappa shape index (κ2) is 10.4. The van der Waals surface area contributed by atoms with Gasteiger partial charge < -0.3 is 10.2 Å². The number of hydrogen-bond donors (Lipinski definition) is 1. The fourth-order valence-corrected chi connectivity index (χ4v) is 5.59. The smallest absolute Gasteiger partial charge is 0.233 e. The fraction of sp³-hybridized carbons (Fsp3) is 0.750. The van der Waals surface area contributed by atoms with Gasteiger partial charge in [-0.1, -0.05) is 41.8 Å². The molecule has 0 bridgehead atoms. The van der Waals surface area contributed by atoms with Gasteiger partial charge in [0.2, 0.25) is 11.8 Å². The third kappa shape index (κ3) is 6.45. The average molecular weight is 403 g/mol. The van der Waals surface area contributed by atoms with Crippen molar-refractivity contribution in [2.75, 3.05) is 18.1 Å². The molecule has 2 rings (SSSR count). The molecule has 1 aromatic heterocycles. The summed E-state index contributed by atoms with van der Waals surface area (Å²) in [4.78, 5) is 26.1. The van der Waals surface area contributed by atoms with Crippen LogP contribution in [0.4, 0.5) is 0 Å². The molecular formula is C16H26N4O2S3. The van der Waals surface area contributed by atoms with Gasteiger partial charge in [-0.05, 0) is 39.5 Å². The number of piperidine rings is 1. The number of hydrogen-bond acceptors (Lipinski definition) is 7. The summed E-state index contributed by atoms with van der Waals surface area (Å²) in [6.07, 6.45) is 4.29. The van der Waals surface area contributed by atoms with E-state index in [4.69, 9.17) is 0 Å². The highest BCUT2D eigenvalue weighted by Crippen LogP contribution is 2.30. The van der Waals surface area contributed by atoms with Crippen LogP contribution < -0.4 is 5.32 Å². The standard InChI is InChI=1S/C16H26N4O2S3/c1-4-8-17-13(21)9-23-15-18-19-16(25-15)24-10-14(22)20-11(2)6-5-7-12(20)3/h11-12H,4-10H2,1-3H3,(H,17,21)/t11-,12-/m0/s1. The summed E-state index contributed by atoms with van der Waals surface area (Å²) >= 11 is 4.26. The zero-order valence-corrected chi connectivity index (χ0v) is 17.4. The van der Waals surface area contributed by atoms with Crippen LogP contribution in [0.1, 0.15) is 46.5 Å². The molecule has 2 heterocycles. The first-order valence-electron chi connectivity index (χ1n) is 8.68. The minimum absolute atomic E-state index is 0.0134. The first-order chi connectivity index (χ1) is 12.0. The number of aromatic nitrogens is 2. The van der Waals surface area contributed by atoms with E-state index < -0.39 is 0 Å². The normalized spacial score (nSPS) is 20.5. The van der Waals surface area contributed by atoms with Gasteiger partial charge in [0.25, 0.3) is 0 Å². The molecule has 140 valence electrons. The number of likely N-dealkylation sites (tertiary alicyclic amines) is 1. The number of rotatable bonds is 8. The maximum absolute atomic E-state index is 12.5. The van der Waals surface area contributed by atoms with Crippen molar-refractivity contribution in [2.45, 2.75) is 67.2 Å². The van der Waals surface area contributed by atoms with Gasteiger partial charge in [0, 0.05) is 18.6 Å². The lowest BCUT2D eigenvalue weighted by molar-refractivity contribution is -0.134. The van der Waals surface area contributed by atoms with Crippen LogP contribution in [0.15, 0.2) is 8.68 Å². The molecule has 1 aromatic rings. The van der Waals surface area contributed by atoms with E-state index in [-0.39, 0.29) is 11.8 Å². The topological polar surface area (TPSA) is 75.2 Å². The van der Waals surface area contributed by atoms with Crippen LogP contribution in [-0.2, 0) is 9.59 Å². The summed E-state index contributed by atoms with van der Waals surface area (Å²) in [6, 6.07) is 0.637. The number of amides is 2. The Morgan fingerprint density at radius 2 is 1.76 bits per heavy atom. The lowest BCUT2D eigenvalue weighted by atomic mass is 9.98. The Morgan fingerprint density at radius 3 is 2.36 bits per heavy atom. The molecule has 1 aliphatic heterocycles. The molecule has 2 atom stereocenters. The van der Waals surface area contributed by atoms with Gasteiger partial charge in [0.05, 0.1) is 11.5 Å². The van der Waals surface area contributed by atoms with Crippen molar-refractivity contribution >= 4 is 46.7 Å². The summed E-state index contributed by atoms with van der Waals surface area (Å²) in [5.41, 5.74) is 0. The van der Waals surface area contributed by atoms with E-state index in [9.17, 15) is 9.59 Å². The van der Waals surface area contributed by atoms with Crippen LogP contribution in [0.2, 0.25) is 0 Å². The zero-order chi connectivity index (χ0) is 18.2. The quantitative estimate of drug-likeness (QED) is 0.674. The fourth-order valence-electron chi connectivity index (χ4n) is 2.87. The predicted molar refractivity (Wildman–Crippen MR) is 104 cm³/mol. The molecule has 1 saturated heterocycles. The Labute approximate surface area is 161 Å². The van der Waals surface area contributed by atoms with E-state index in [0.29, 0.717) is 30.1 Å². The van der Waals surface area contributed by atoms with Crippen molar-refractivity contribution in [1.29, 1.82) is 0 Å². The van der Waals surface area contributed by atoms with Gasteiger partial charge in [-0.15, -0.1) is 10.2 Å². The highest BCUT2D eigenvalue weighted by Gasteiger charge is 2.28. The van der Waals surface area contributed by atoms with Crippen LogP contribution in [-0.4, -0.2) is 57.0 Å². The first-order valence-corrected chi connectivity index (χ1v) is 11.5. The Hall–Kier alpha value is -0.800. The molecular weight excluding hydrogens is 376 g/mol. The summed E-state index contributed by atoms with van der Waals surface area (Å²) in [5.74, 6) is 0.930. The Balaban J connectivity index is 1.77. The van der Waals surface area contributed by atoms with Crippen molar-refractivity contribution in [3.63, 3.8) is 0 Å². The highest BCUT2D eigenvalue weighted by molar-refractivity contribution is 8.03. The number of thioether (sulfide) groups is 2. The van der Waals surface area contributed by atoms with Crippen molar-refractivity contribution in [2.24, 2.45) is 0 Å². The Morgan fingerprint density at radius 1 is 1.16 bits per heavy atom. The van der Waals surface area contributed by atoms with Crippen molar-refractivity contribution in [3.05, 3.63) is 0 Å². The van der Waals surface area contributed by atoms with Gasteiger partial charge in [0.15, 0.2) is 8.68 Å². The summed E-state index contributed by atoms with van der Waals surface area (Å²) in [7, 11) is 0. The van der Waals surface area contributed by atoms with Crippen LogP contribution in [0, 0.1) is 0 Å². The number of carbonyl (C=O) groups excluding carboxylic acids is 2. The molecule has 25 heavy (non-hydrogen) atoms. The van der Waals surface area contributed by atoms with Crippen molar-refractivity contribution in [3.8, 4) is 0 Å². The first kappa shape index (κ1) is 20.5. The molecule has 0 radical (unpaired) electrons. The Bertz CT molecular complexity index is 571. The molecule has 0 saturated carbocycles. The van der Waals surface area contributed by atoms with E-state index in [1.807, 2.05) is 11.8 Å². The van der Waals surface area contributed by atoms with Crippen molar-refractivity contribution < 1.29 is 9.59 Å². The third-order valence-electron chi connectivity index (χ3n) is 4.09. The third-order valence-corrected chi connectivity index (χ3v) is 7.26. The minimum Gasteiger partial charge on any atom is -0.355 e. The van der Waals surface area contributed by atoms with E-state index in [1.165, 1.54) is 41.3 Å². The second-order valence-corrected chi connectivity index (χ2v) is 9.61.